The Kier molecular flexibility index (Phi) is 6.71. The monoisotopic (exact) mass is 416 g/mol. The van der Waals surface area contributed by atoms with E-state index in [9.17, 15) is 9.59 Å². The van der Waals surface area contributed by atoms with Gasteiger partial charge in [-0.05, 0) is 29.8 Å². The third-order valence-corrected chi connectivity index (χ3v) is 5.25. The summed E-state index contributed by atoms with van der Waals surface area (Å²) in [4.78, 5) is 26.5. The standard InChI is InChI=1S/C21H25ClN4O3/c1-15(27)25(11-12-29-3)14-21(28)26-20(16-6-8-17(22)9-7-16)13-18(23-26)19-5-4-10-24(19)2/h4-10,20H,11-14H2,1-3H3/t20-/m1/s1. The maximum atomic E-state index is 13.1. The second-order valence-corrected chi connectivity index (χ2v) is 7.43. The first-order valence-corrected chi connectivity index (χ1v) is 9.79. The van der Waals surface area contributed by atoms with Gasteiger partial charge in [0.1, 0.15) is 6.54 Å². The summed E-state index contributed by atoms with van der Waals surface area (Å²) in [5.41, 5.74) is 2.74. The first kappa shape index (κ1) is 21.1. The van der Waals surface area contributed by atoms with Crippen LogP contribution in [-0.4, -0.2) is 58.8 Å². The van der Waals surface area contributed by atoms with Gasteiger partial charge in [-0.25, -0.2) is 5.01 Å². The number of rotatable bonds is 7. The minimum Gasteiger partial charge on any atom is -0.383 e. The van der Waals surface area contributed by atoms with Gasteiger partial charge in [0.05, 0.1) is 24.1 Å². The Balaban J connectivity index is 1.88. The smallest absolute Gasteiger partial charge is 0.262 e. The van der Waals surface area contributed by atoms with Gasteiger partial charge in [0.25, 0.3) is 5.91 Å². The van der Waals surface area contributed by atoms with Crippen LogP contribution >= 0.6 is 11.6 Å². The lowest BCUT2D eigenvalue weighted by molar-refractivity contribution is -0.141. The molecule has 0 N–H and O–H groups in total. The van der Waals surface area contributed by atoms with Crippen LogP contribution in [0.15, 0.2) is 47.7 Å². The number of aryl methyl sites for hydroxylation is 1. The van der Waals surface area contributed by atoms with Crippen molar-refractivity contribution >= 4 is 29.1 Å². The molecule has 3 rings (SSSR count). The molecule has 0 saturated carbocycles. The van der Waals surface area contributed by atoms with Crippen LogP contribution < -0.4 is 0 Å². The molecule has 1 atom stereocenters. The first-order valence-electron chi connectivity index (χ1n) is 9.42. The van der Waals surface area contributed by atoms with E-state index < -0.39 is 0 Å². The molecule has 1 aromatic carbocycles. The van der Waals surface area contributed by atoms with Crippen molar-refractivity contribution in [3.8, 4) is 0 Å². The molecule has 1 aliphatic rings. The molecule has 2 amide bonds. The number of carbonyl (C=O) groups excluding carboxylic acids is 2. The van der Waals surface area contributed by atoms with E-state index in [1.165, 1.54) is 16.8 Å². The number of hydrazone groups is 1. The summed E-state index contributed by atoms with van der Waals surface area (Å²) >= 11 is 6.03. The lowest BCUT2D eigenvalue weighted by atomic mass is 10.0. The molecule has 0 spiro atoms. The minimum atomic E-state index is -0.249. The summed E-state index contributed by atoms with van der Waals surface area (Å²) in [7, 11) is 3.51. The van der Waals surface area contributed by atoms with E-state index >= 15 is 0 Å². The number of aromatic nitrogens is 1. The van der Waals surface area contributed by atoms with Crippen LogP contribution in [0.1, 0.15) is 30.6 Å². The SMILES string of the molecule is COCCN(CC(=O)N1N=C(c2cccn2C)C[C@@H]1c1ccc(Cl)cc1)C(C)=O. The molecule has 1 aromatic heterocycles. The van der Waals surface area contributed by atoms with Crippen molar-refractivity contribution in [2.75, 3.05) is 26.8 Å². The molecule has 2 aromatic rings. The zero-order valence-electron chi connectivity index (χ0n) is 16.8. The van der Waals surface area contributed by atoms with E-state index in [0.29, 0.717) is 24.6 Å². The highest BCUT2D eigenvalue weighted by atomic mass is 35.5. The second kappa shape index (κ2) is 9.24. The molecule has 2 heterocycles. The van der Waals surface area contributed by atoms with Gasteiger partial charge in [0.2, 0.25) is 5.91 Å². The molecule has 0 aliphatic carbocycles. The molecule has 7 nitrogen and oxygen atoms in total. The van der Waals surface area contributed by atoms with Gasteiger partial charge in [0.15, 0.2) is 0 Å². The summed E-state index contributed by atoms with van der Waals surface area (Å²) in [5, 5.41) is 6.77. The fourth-order valence-electron chi connectivity index (χ4n) is 3.39. The van der Waals surface area contributed by atoms with Crippen molar-refractivity contribution < 1.29 is 14.3 Å². The van der Waals surface area contributed by atoms with Crippen LogP contribution in [0.4, 0.5) is 0 Å². The van der Waals surface area contributed by atoms with E-state index in [1.54, 1.807) is 19.2 Å². The predicted molar refractivity (Wildman–Crippen MR) is 112 cm³/mol. The van der Waals surface area contributed by atoms with Crippen molar-refractivity contribution in [2.45, 2.75) is 19.4 Å². The van der Waals surface area contributed by atoms with Crippen LogP contribution in [-0.2, 0) is 21.4 Å². The molecule has 29 heavy (non-hydrogen) atoms. The number of hydrogen-bond donors (Lipinski definition) is 0. The van der Waals surface area contributed by atoms with Crippen molar-refractivity contribution in [1.29, 1.82) is 0 Å². The number of carbonyl (C=O) groups is 2. The van der Waals surface area contributed by atoms with Crippen molar-refractivity contribution in [3.63, 3.8) is 0 Å². The lowest BCUT2D eigenvalue weighted by Gasteiger charge is -2.26. The summed E-state index contributed by atoms with van der Waals surface area (Å²) in [5.74, 6) is -0.412. The van der Waals surface area contributed by atoms with Crippen LogP contribution in [0.2, 0.25) is 5.02 Å². The van der Waals surface area contributed by atoms with Gasteiger partial charge >= 0.3 is 0 Å². The molecule has 154 valence electrons. The quantitative estimate of drug-likeness (QED) is 0.697. The van der Waals surface area contributed by atoms with Gasteiger partial charge in [0, 0.05) is 45.3 Å². The molecule has 0 fully saturated rings. The van der Waals surface area contributed by atoms with E-state index in [1.807, 2.05) is 42.1 Å². The molecule has 0 unspecified atom stereocenters. The minimum absolute atomic E-state index is 0.0489. The first-order chi connectivity index (χ1) is 13.9. The van der Waals surface area contributed by atoms with E-state index in [2.05, 4.69) is 5.10 Å². The fourth-order valence-corrected chi connectivity index (χ4v) is 3.51. The maximum Gasteiger partial charge on any atom is 0.262 e. The molecular weight excluding hydrogens is 392 g/mol. The van der Waals surface area contributed by atoms with Gasteiger partial charge in [-0.15, -0.1) is 0 Å². The van der Waals surface area contributed by atoms with Crippen molar-refractivity contribution in [3.05, 3.63) is 58.9 Å². The Morgan fingerprint density at radius 3 is 2.59 bits per heavy atom. The predicted octanol–water partition coefficient (Wildman–Crippen LogP) is 2.85. The third kappa shape index (κ3) is 4.86. The summed E-state index contributed by atoms with van der Waals surface area (Å²) < 4.78 is 7.03. The van der Waals surface area contributed by atoms with Crippen molar-refractivity contribution in [1.82, 2.24) is 14.5 Å². The largest absolute Gasteiger partial charge is 0.383 e. The van der Waals surface area contributed by atoms with Gasteiger partial charge in [-0.2, -0.15) is 5.10 Å². The molecule has 0 bridgehead atoms. The lowest BCUT2D eigenvalue weighted by Crippen LogP contribution is -2.41. The number of hydrogen-bond acceptors (Lipinski definition) is 4. The Labute approximate surface area is 175 Å². The Morgan fingerprint density at radius 2 is 2.00 bits per heavy atom. The van der Waals surface area contributed by atoms with E-state index in [4.69, 9.17) is 16.3 Å². The van der Waals surface area contributed by atoms with Crippen molar-refractivity contribution in [2.24, 2.45) is 12.1 Å². The molecular formula is C21H25ClN4O3. The van der Waals surface area contributed by atoms with Crippen LogP contribution in [0.5, 0.6) is 0 Å². The topological polar surface area (TPSA) is 67.1 Å². The summed E-state index contributed by atoms with van der Waals surface area (Å²) in [6.45, 7) is 2.12. The third-order valence-electron chi connectivity index (χ3n) is 5.00. The Morgan fingerprint density at radius 1 is 1.28 bits per heavy atom. The summed E-state index contributed by atoms with van der Waals surface area (Å²) in [6, 6.07) is 11.1. The Hall–Kier alpha value is -2.64. The highest BCUT2D eigenvalue weighted by Gasteiger charge is 2.34. The highest BCUT2D eigenvalue weighted by molar-refractivity contribution is 6.30. The zero-order chi connectivity index (χ0) is 21.0. The van der Waals surface area contributed by atoms with E-state index in [-0.39, 0.29) is 24.4 Å². The summed E-state index contributed by atoms with van der Waals surface area (Å²) in [6.07, 6.45) is 2.53. The highest BCUT2D eigenvalue weighted by Crippen LogP contribution is 2.33. The van der Waals surface area contributed by atoms with Gasteiger partial charge in [-0.1, -0.05) is 23.7 Å². The number of amides is 2. The number of nitrogens with zero attached hydrogens (tertiary/aromatic N) is 4. The maximum absolute atomic E-state index is 13.1. The van der Waals surface area contributed by atoms with Crippen LogP contribution in [0, 0.1) is 0 Å². The van der Waals surface area contributed by atoms with Crippen LogP contribution in [0.25, 0.3) is 0 Å². The molecule has 0 saturated heterocycles. The zero-order valence-corrected chi connectivity index (χ0v) is 17.6. The normalized spacial score (nSPS) is 16.1. The van der Waals surface area contributed by atoms with Gasteiger partial charge < -0.3 is 14.2 Å². The average molecular weight is 417 g/mol. The second-order valence-electron chi connectivity index (χ2n) is 6.99. The molecule has 8 heteroatoms. The number of ether oxygens (including phenoxy) is 1. The van der Waals surface area contributed by atoms with Gasteiger partial charge in [-0.3, -0.25) is 9.59 Å². The van der Waals surface area contributed by atoms with E-state index in [0.717, 1.165) is 17.0 Å². The molecule has 0 radical (unpaired) electrons. The Bertz CT molecular complexity index is 907. The number of benzene rings is 1. The van der Waals surface area contributed by atoms with Crippen LogP contribution in [0.3, 0.4) is 0 Å². The fraction of sp³-hybridized carbons (Fsp3) is 0.381. The number of halogens is 1. The molecule has 1 aliphatic heterocycles. The number of methoxy groups -OCH3 is 1. The average Bonchev–Trinajstić information content (AvgIpc) is 3.31.